The van der Waals surface area contributed by atoms with E-state index in [1.807, 2.05) is 0 Å². The predicted molar refractivity (Wildman–Crippen MR) is 110 cm³/mol. The third kappa shape index (κ3) is 3.86. The van der Waals surface area contributed by atoms with E-state index in [9.17, 15) is 22.4 Å². The lowest BCUT2D eigenvalue weighted by Crippen LogP contribution is -2.14. The molecule has 0 fully saturated rings. The highest BCUT2D eigenvalue weighted by Crippen LogP contribution is 2.30. The zero-order valence-electron chi connectivity index (χ0n) is 14.9. The number of benzene rings is 2. The molecule has 0 aliphatic rings. The van der Waals surface area contributed by atoms with E-state index in [0.29, 0.717) is 11.3 Å². The van der Waals surface area contributed by atoms with Gasteiger partial charge < -0.3 is 5.32 Å². The van der Waals surface area contributed by atoms with Gasteiger partial charge in [0.1, 0.15) is 5.82 Å². The molecule has 0 radical (unpaired) electrons. The Morgan fingerprint density at radius 2 is 1.90 bits per heavy atom. The lowest BCUT2D eigenvalue weighted by molar-refractivity contribution is -0.137. The third-order valence-electron chi connectivity index (χ3n) is 4.31. The lowest BCUT2D eigenvalue weighted by atomic mass is 10.1. The normalized spacial score (nSPS) is 11.6. The van der Waals surface area contributed by atoms with E-state index in [1.54, 1.807) is 12.3 Å². The molecule has 0 saturated heterocycles. The number of nitrogens with one attached hydrogen (secondary N) is 1. The first-order valence-corrected chi connectivity index (χ1v) is 9.59. The number of amides is 1. The summed E-state index contributed by atoms with van der Waals surface area (Å²) in [5, 5.41) is 6.70. The summed E-state index contributed by atoms with van der Waals surface area (Å²) >= 11 is 2.06. The molecule has 4 rings (SSSR count). The van der Waals surface area contributed by atoms with E-state index >= 15 is 0 Å². The molecule has 1 amide bonds. The van der Waals surface area contributed by atoms with E-state index in [4.69, 9.17) is 0 Å². The number of carbonyl (C=O) groups excluding carboxylic acids is 1. The Hall–Kier alpha value is -3.02. The number of hydrogen-bond donors (Lipinski definition) is 1. The molecule has 0 aliphatic heterocycles. The van der Waals surface area contributed by atoms with E-state index in [-0.39, 0.29) is 16.8 Å². The minimum Gasteiger partial charge on any atom is -0.322 e. The van der Waals surface area contributed by atoms with Crippen LogP contribution < -0.4 is 5.32 Å². The van der Waals surface area contributed by atoms with Crippen LogP contribution in [0.25, 0.3) is 16.9 Å². The van der Waals surface area contributed by atoms with Gasteiger partial charge in [-0.25, -0.2) is 13.9 Å². The number of halogens is 5. The summed E-state index contributed by atoms with van der Waals surface area (Å²) in [7, 11) is 0. The van der Waals surface area contributed by atoms with Crippen LogP contribution >= 0.6 is 22.6 Å². The molecule has 4 aromatic rings. The number of rotatable bonds is 3. The highest BCUT2D eigenvalue weighted by molar-refractivity contribution is 14.1. The standard InChI is InChI=1S/C20H11F4IN4O/c21-15-5-4-13(28-19(30)11-2-1-3-12(8-11)20(22,23)24)9-14(15)17-6-7-26-18-16(25)10-27-29(17)18/h1-10H,(H,28,30). The molecule has 0 bridgehead atoms. The van der Waals surface area contributed by atoms with Crippen LogP contribution in [0.1, 0.15) is 15.9 Å². The minimum atomic E-state index is -4.56. The van der Waals surface area contributed by atoms with Gasteiger partial charge in [0, 0.05) is 23.0 Å². The molecular formula is C20H11F4IN4O. The fourth-order valence-electron chi connectivity index (χ4n) is 2.91. The predicted octanol–water partition coefficient (Wildman–Crippen LogP) is 5.41. The Kier molecular flexibility index (Phi) is 5.18. The molecule has 0 atom stereocenters. The van der Waals surface area contributed by atoms with Crippen LogP contribution in [0.4, 0.5) is 23.2 Å². The van der Waals surface area contributed by atoms with Crippen molar-refractivity contribution in [1.82, 2.24) is 14.6 Å². The molecule has 2 aromatic carbocycles. The van der Waals surface area contributed by atoms with E-state index in [1.165, 1.54) is 28.9 Å². The van der Waals surface area contributed by atoms with Crippen molar-refractivity contribution in [1.29, 1.82) is 0 Å². The Balaban J connectivity index is 1.68. The molecule has 0 aliphatic carbocycles. The summed E-state index contributed by atoms with van der Waals surface area (Å²) < 4.78 is 55.4. The number of carbonyl (C=O) groups is 1. The smallest absolute Gasteiger partial charge is 0.322 e. The molecule has 10 heteroatoms. The number of nitrogens with zero attached hydrogens (tertiary/aromatic N) is 3. The molecule has 1 N–H and O–H groups in total. The number of fused-ring (bicyclic) bond motifs is 1. The zero-order chi connectivity index (χ0) is 21.5. The molecule has 2 heterocycles. The van der Waals surface area contributed by atoms with Crippen molar-refractivity contribution in [2.45, 2.75) is 6.18 Å². The van der Waals surface area contributed by atoms with Crippen molar-refractivity contribution in [3.63, 3.8) is 0 Å². The molecule has 0 saturated carbocycles. The first kappa shape index (κ1) is 20.3. The molecule has 5 nitrogen and oxygen atoms in total. The van der Waals surface area contributed by atoms with Crippen molar-refractivity contribution < 1.29 is 22.4 Å². The van der Waals surface area contributed by atoms with Crippen LogP contribution in [-0.2, 0) is 6.18 Å². The second kappa shape index (κ2) is 7.67. The van der Waals surface area contributed by atoms with Gasteiger partial charge >= 0.3 is 6.18 Å². The molecule has 0 unspecified atom stereocenters. The van der Waals surface area contributed by atoms with Crippen LogP contribution in [0.2, 0.25) is 0 Å². The molecule has 2 aromatic heterocycles. The largest absolute Gasteiger partial charge is 0.416 e. The lowest BCUT2D eigenvalue weighted by Gasteiger charge is -2.11. The van der Waals surface area contributed by atoms with Crippen molar-refractivity contribution in [2.75, 3.05) is 5.32 Å². The fourth-order valence-corrected chi connectivity index (χ4v) is 3.40. The Morgan fingerprint density at radius 3 is 2.67 bits per heavy atom. The van der Waals surface area contributed by atoms with Gasteiger partial charge in [0.2, 0.25) is 0 Å². The average Bonchev–Trinajstić information content (AvgIpc) is 3.10. The van der Waals surface area contributed by atoms with Gasteiger partial charge in [0.25, 0.3) is 5.91 Å². The maximum atomic E-state index is 14.5. The summed E-state index contributed by atoms with van der Waals surface area (Å²) in [6, 6.07) is 9.53. The summed E-state index contributed by atoms with van der Waals surface area (Å²) in [6.45, 7) is 0. The number of hydrogen-bond acceptors (Lipinski definition) is 3. The summed E-state index contributed by atoms with van der Waals surface area (Å²) in [4.78, 5) is 16.6. The van der Waals surface area contributed by atoms with Crippen molar-refractivity contribution in [3.8, 4) is 11.3 Å². The molecular weight excluding hydrogens is 515 g/mol. The van der Waals surface area contributed by atoms with Gasteiger partial charge in [0.05, 0.1) is 21.0 Å². The van der Waals surface area contributed by atoms with Crippen LogP contribution in [-0.4, -0.2) is 20.5 Å². The van der Waals surface area contributed by atoms with E-state index < -0.39 is 23.5 Å². The van der Waals surface area contributed by atoms with Gasteiger partial charge in [-0.3, -0.25) is 4.79 Å². The fraction of sp³-hybridized carbons (Fsp3) is 0.0500. The zero-order valence-corrected chi connectivity index (χ0v) is 17.1. The number of alkyl halides is 3. The van der Waals surface area contributed by atoms with Crippen LogP contribution in [0.3, 0.4) is 0 Å². The second-order valence-electron chi connectivity index (χ2n) is 6.29. The number of aromatic nitrogens is 3. The summed E-state index contributed by atoms with van der Waals surface area (Å²) in [6.07, 6.45) is -1.46. The van der Waals surface area contributed by atoms with E-state index in [2.05, 4.69) is 38.0 Å². The molecule has 30 heavy (non-hydrogen) atoms. The Morgan fingerprint density at radius 1 is 1.10 bits per heavy atom. The van der Waals surface area contributed by atoms with Crippen LogP contribution in [0.5, 0.6) is 0 Å². The van der Waals surface area contributed by atoms with Crippen LogP contribution in [0.15, 0.2) is 60.9 Å². The van der Waals surface area contributed by atoms with Gasteiger partial charge in [-0.15, -0.1) is 0 Å². The summed E-state index contributed by atoms with van der Waals surface area (Å²) in [5.74, 6) is -1.29. The number of anilines is 1. The van der Waals surface area contributed by atoms with Crippen LogP contribution in [0, 0.1) is 9.39 Å². The Bertz CT molecular complexity index is 1270. The molecule has 0 spiro atoms. The van der Waals surface area contributed by atoms with Gasteiger partial charge in [-0.05, 0) is 65.1 Å². The monoisotopic (exact) mass is 526 g/mol. The van der Waals surface area contributed by atoms with Gasteiger partial charge in [0.15, 0.2) is 5.65 Å². The van der Waals surface area contributed by atoms with E-state index in [0.717, 1.165) is 27.8 Å². The minimum absolute atomic E-state index is 0.156. The second-order valence-corrected chi connectivity index (χ2v) is 7.45. The van der Waals surface area contributed by atoms with Gasteiger partial charge in [-0.1, -0.05) is 6.07 Å². The van der Waals surface area contributed by atoms with Crippen molar-refractivity contribution in [2.24, 2.45) is 0 Å². The highest BCUT2D eigenvalue weighted by Gasteiger charge is 2.30. The maximum absolute atomic E-state index is 14.5. The van der Waals surface area contributed by atoms with Crippen molar-refractivity contribution in [3.05, 3.63) is 81.4 Å². The topological polar surface area (TPSA) is 59.3 Å². The first-order valence-electron chi connectivity index (χ1n) is 8.51. The first-order chi connectivity index (χ1) is 14.2. The quantitative estimate of drug-likeness (QED) is 0.287. The van der Waals surface area contributed by atoms with Crippen molar-refractivity contribution >= 4 is 39.8 Å². The average molecular weight is 526 g/mol. The molecule has 152 valence electrons. The maximum Gasteiger partial charge on any atom is 0.416 e. The third-order valence-corrected chi connectivity index (χ3v) is 5.07. The Labute approximate surface area is 180 Å². The SMILES string of the molecule is O=C(Nc1ccc(F)c(-c2ccnc3c(I)cnn23)c1)c1cccc(C(F)(F)F)c1. The summed E-state index contributed by atoms with van der Waals surface area (Å²) in [5.41, 5.74) is 0.247. The highest BCUT2D eigenvalue weighted by atomic mass is 127. The van der Waals surface area contributed by atoms with Gasteiger partial charge in [-0.2, -0.15) is 18.3 Å².